The summed E-state index contributed by atoms with van der Waals surface area (Å²) >= 11 is 0. The zero-order valence-corrected chi connectivity index (χ0v) is 8.62. The third kappa shape index (κ3) is 2.72. The first-order valence-electron chi connectivity index (χ1n) is 5.04. The summed E-state index contributed by atoms with van der Waals surface area (Å²) in [7, 11) is 0. The van der Waals surface area contributed by atoms with Crippen LogP contribution in [-0.2, 0) is 9.59 Å². The van der Waals surface area contributed by atoms with E-state index in [-0.39, 0.29) is 23.8 Å². The van der Waals surface area contributed by atoms with Crippen LogP contribution in [0.1, 0.15) is 33.1 Å². The molecule has 1 aliphatic carbocycles. The highest BCUT2D eigenvalue weighted by Crippen LogP contribution is 2.25. The fourth-order valence-electron chi connectivity index (χ4n) is 1.70. The molecule has 1 amide bonds. The SMILES string of the molecule is CC(C)C(=O)NC1CCC(C(=O)O)C1. The Kier molecular flexibility index (Phi) is 3.49. The van der Waals surface area contributed by atoms with E-state index in [0.29, 0.717) is 12.8 Å². The molecule has 0 aromatic rings. The smallest absolute Gasteiger partial charge is 0.306 e. The zero-order chi connectivity index (χ0) is 10.7. The van der Waals surface area contributed by atoms with Crippen molar-refractivity contribution in [2.24, 2.45) is 11.8 Å². The minimum Gasteiger partial charge on any atom is -0.481 e. The monoisotopic (exact) mass is 199 g/mol. The quantitative estimate of drug-likeness (QED) is 0.713. The van der Waals surface area contributed by atoms with E-state index in [4.69, 9.17) is 5.11 Å². The molecule has 1 saturated carbocycles. The number of carbonyl (C=O) groups excluding carboxylic acids is 1. The number of amides is 1. The van der Waals surface area contributed by atoms with Gasteiger partial charge in [-0.25, -0.2) is 0 Å². The fourth-order valence-corrected chi connectivity index (χ4v) is 1.70. The van der Waals surface area contributed by atoms with Crippen molar-refractivity contribution in [2.45, 2.75) is 39.2 Å². The molecule has 0 aromatic heterocycles. The second-order valence-electron chi connectivity index (χ2n) is 4.21. The Labute approximate surface area is 83.7 Å². The van der Waals surface area contributed by atoms with Gasteiger partial charge in [0.15, 0.2) is 0 Å². The molecule has 0 bridgehead atoms. The standard InChI is InChI=1S/C10H17NO3/c1-6(2)9(12)11-8-4-3-7(5-8)10(13)14/h6-8H,3-5H2,1-2H3,(H,11,12)(H,13,14). The molecular formula is C10H17NO3. The number of nitrogens with one attached hydrogen (secondary N) is 1. The van der Waals surface area contributed by atoms with E-state index < -0.39 is 5.97 Å². The van der Waals surface area contributed by atoms with Crippen molar-refractivity contribution in [3.63, 3.8) is 0 Å². The van der Waals surface area contributed by atoms with Crippen molar-refractivity contribution in [1.29, 1.82) is 0 Å². The maximum absolute atomic E-state index is 11.3. The summed E-state index contributed by atoms with van der Waals surface area (Å²) in [6.45, 7) is 3.66. The molecule has 0 heterocycles. The molecular weight excluding hydrogens is 182 g/mol. The molecule has 0 saturated heterocycles. The van der Waals surface area contributed by atoms with Crippen molar-refractivity contribution in [1.82, 2.24) is 5.32 Å². The summed E-state index contributed by atoms with van der Waals surface area (Å²) in [6, 6.07) is 0.0611. The molecule has 4 nitrogen and oxygen atoms in total. The summed E-state index contributed by atoms with van der Waals surface area (Å²) in [6.07, 6.45) is 2.04. The maximum atomic E-state index is 11.3. The number of rotatable bonds is 3. The molecule has 1 fully saturated rings. The van der Waals surface area contributed by atoms with Crippen LogP contribution in [0.3, 0.4) is 0 Å². The van der Waals surface area contributed by atoms with E-state index in [1.54, 1.807) is 0 Å². The second kappa shape index (κ2) is 4.44. The molecule has 0 spiro atoms. The molecule has 0 radical (unpaired) electrons. The van der Waals surface area contributed by atoms with Crippen LogP contribution in [0.2, 0.25) is 0 Å². The highest BCUT2D eigenvalue weighted by molar-refractivity contribution is 5.78. The van der Waals surface area contributed by atoms with Crippen LogP contribution >= 0.6 is 0 Å². The summed E-state index contributed by atoms with van der Waals surface area (Å²) in [5, 5.41) is 11.6. The van der Waals surface area contributed by atoms with Gasteiger partial charge in [-0.1, -0.05) is 13.8 Å². The predicted molar refractivity (Wildman–Crippen MR) is 51.7 cm³/mol. The topological polar surface area (TPSA) is 66.4 Å². The lowest BCUT2D eigenvalue weighted by Crippen LogP contribution is -2.36. The Balaban J connectivity index is 2.36. The predicted octanol–water partition coefficient (Wildman–Crippen LogP) is 1.01. The van der Waals surface area contributed by atoms with Crippen molar-refractivity contribution in [3.05, 3.63) is 0 Å². The van der Waals surface area contributed by atoms with Gasteiger partial charge in [0.25, 0.3) is 0 Å². The summed E-state index contributed by atoms with van der Waals surface area (Å²) in [4.78, 5) is 22.0. The average molecular weight is 199 g/mol. The van der Waals surface area contributed by atoms with Gasteiger partial charge in [0.05, 0.1) is 5.92 Å². The van der Waals surface area contributed by atoms with Gasteiger partial charge in [-0.3, -0.25) is 9.59 Å². The second-order valence-corrected chi connectivity index (χ2v) is 4.21. The molecule has 1 aliphatic rings. The average Bonchev–Trinajstić information content (AvgIpc) is 2.52. The molecule has 4 heteroatoms. The van der Waals surface area contributed by atoms with Gasteiger partial charge in [0.1, 0.15) is 0 Å². The molecule has 2 unspecified atom stereocenters. The fraction of sp³-hybridized carbons (Fsp3) is 0.800. The van der Waals surface area contributed by atoms with Crippen LogP contribution in [0.4, 0.5) is 0 Å². The van der Waals surface area contributed by atoms with Crippen LogP contribution in [0, 0.1) is 11.8 Å². The minimum absolute atomic E-state index is 0.0149. The first-order chi connectivity index (χ1) is 6.50. The molecule has 2 atom stereocenters. The Morgan fingerprint density at radius 1 is 1.36 bits per heavy atom. The summed E-state index contributed by atoms with van der Waals surface area (Å²) in [5.41, 5.74) is 0. The third-order valence-corrected chi connectivity index (χ3v) is 2.65. The Bertz CT molecular complexity index is 238. The van der Waals surface area contributed by atoms with Gasteiger partial charge < -0.3 is 10.4 Å². The van der Waals surface area contributed by atoms with Gasteiger partial charge in [0.2, 0.25) is 5.91 Å². The molecule has 80 valence electrons. The van der Waals surface area contributed by atoms with Gasteiger partial charge in [-0.05, 0) is 19.3 Å². The normalized spacial score (nSPS) is 26.5. The van der Waals surface area contributed by atoms with Crippen molar-refractivity contribution in [2.75, 3.05) is 0 Å². The van der Waals surface area contributed by atoms with Gasteiger partial charge >= 0.3 is 5.97 Å². The highest BCUT2D eigenvalue weighted by atomic mass is 16.4. The van der Waals surface area contributed by atoms with Crippen LogP contribution in [0.15, 0.2) is 0 Å². The molecule has 2 N–H and O–H groups in total. The number of hydrogen-bond donors (Lipinski definition) is 2. The van der Waals surface area contributed by atoms with Gasteiger partial charge in [0, 0.05) is 12.0 Å². The van der Waals surface area contributed by atoms with E-state index in [1.807, 2.05) is 13.8 Å². The Hall–Kier alpha value is -1.06. The van der Waals surface area contributed by atoms with E-state index in [1.165, 1.54) is 0 Å². The van der Waals surface area contributed by atoms with Crippen LogP contribution in [0.5, 0.6) is 0 Å². The summed E-state index contributed by atoms with van der Waals surface area (Å²) < 4.78 is 0. The summed E-state index contributed by atoms with van der Waals surface area (Å²) in [5.74, 6) is -1.03. The van der Waals surface area contributed by atoms with Gasteiger partial charge in [-0.15, -0.1) is 0 Å². The van der Waals surface area contributed by atoms with E-state index in [2.05, 4.69) is 5.32 Å². The largest absolute Gasteiger partial charge is 0.481 e. The Morgan fingerprint density at radius 3 is 2.43 bits per heavy atom. The zero-order valence-electron chi connectivity index (χ0n) is 8.62. The Morgan fingerprint density at radius 2 is 2.00 bits per heavy atom. The van der Waals surface area contributed by atoms with Crippen LogP contribution < -0.4 is 5.32 Å². The van der Waals surface area contributed by atoms with Crippen molar-refractivity contribution < 1.29 is 14.7 Å². The molecule has 0 aliphatic heterocycles. The number of hydrogen-bond acceptors (Lipinski definition) is 2. The van der Waals surface area contributed by atoms with Gasteiger partial charge in [-0.2, -0.15) is 0 Å². The molecule has 1 rings (SSSR count). The lowest BCUT2D eigenvalue weighted by Gasteiger charge is -2.13. The lowest BCUT2D eigenvalue weighted by atomic mass is 10.1. The van der Waals surface area contributed by atoms with E-state index >= 15 is 0 Å². The van der Waals surface area contributed by atoms with E-state index in [0.717, 1.165) is 6.42 Å². The maximum Gasteiger partial charge on any atom is 0.306 e. The third-order valence-electron chi connectivity index (χ3n) is 2.65. The molecule has 14 heavy (non-hydrogen) atoms. The highest BCUT2D eigenvalue weighted by Gasteiger charge is 2.30. The number of carbonyl (C=O) groups is 2. The van der Waals surface area contributed by atoms with Crippen molar-refractivity contribution in [3.8, 4) is 0 Å². The van der Waals surface area contributed by atoms with Crippen LogP contribution in [0.25, 0.3) is 0 Å². The lowest BCUT2D eigenvalue weighted by molar-refractivity contribution is -0.141. The number of carboxylic acid groups (broad SMARTS) is 1. The first-order valence-corrected chi connectivity index (χ1v) is 5.04. The first kappa shape index (κ1) is 11.0. The number of aliphatic carboxylic acids is 1. The van der Waals surface area contributed by atoms with Crippen LogP contribution in [-0.4, -0.2) is 23.0 Å². The van der Waals surface area contributed by atoms with E-state index in [9.17, 15) is 9.59 Å². The van der Waals surface area contributed by atoms with Crippen molar-refractivity contribution >= 4 is 11.9 Å². The number of carboxylic acids is 1. The molecule has 0 aromatic carbocycles. The minimum atomic E-state index is -0.744.